The van der Waals surface area contributed by atoms with Gasteiger partial charge in [0, 0.05) is 30.6 Å². The van der Waals surface area contributed by atoms with Crippen LogP contribution in [0.1, 0.15) is 16.7 Å². The molecule has 0 radical (unpaired) electrons. The minimum absolute atomic E-state index is 0.000373. The Bertz CT molecular complexity index is 1140. The van der Waals surface area contributed by atoms with E-state index < -0.39 is 35.6 Å². The smallest absolute Gasteiger partial charge is 0.249 e. The molecule has 0 saturated carbocycles. The summed E-state index contributed by atoms with van der Waals surface area (Å²) in [6, 6.07) is 11.9. The number of halogens is 3. The monoisotopic (exact) mass is 488 g/mol. The quantitative estimate of drug-likeness (QED) is 0.369. The Morgan fingerprint density at radius 2 is 1.62 bits per heavy atom. The Morgan fingerprint density at radius 3 is 2.26 bits per heavy atom. The van der Waals surface area contributed by atoms with Gasteiger partial charge in [-0.15, -0.1) is 0 Å². The number of nitrogens with zero attached hydrogens (tertiary/aromatic N) is 1. The summed E-state index contributed by atoms with van der Waals surface area (Å²) in [5, 5.41) is 16.0. The Kier molecular flexibility index (Phi) is 8.50. The lowest BCUT2D eigenvalue weighted by molar-refractivity contribution is -0.134. The van der Waals surface area contributed by atoms with Gasteiger partial charge < -0.3 is 21.5 Å². The van der Waals surface area contributed by atoms with Crippen LogP contribution in [0.25, 0.3) is 0 Å². The Morgan fingerprint density at radius 1 is 0.941 bits per heavy atom. The first kappa shape index (κ1) is 25.1. The van der Waals surface area contributed by atoms with Crippen molar-refractivity contribution in [3.8, 4) is 0 Å². The molecule has 3 aromatic rings. The predicted molar refractivity (Wildman–Crippen MR) is 124 cm³/mol. The third kappa shape index (κ3) is 7.23. The number of nitrogens with two attached hydrogens (primary N) is 1. The second kappa shape index (κ2) is 11.5. The SMILES string of the molecule is Nc1ccc(CNC(=O)[C@H](Cc2ccc(F)c(F)c2)NC(=O)[C@H](O)Cc2ccc(Cl)cc2)cn1. The van der Waals surface area contributed by atoms with Crippen LogP contribution < -0.4 is 16.4 Å². The van der Waals surface area contributed by atoms with E-state index in [2.05, 4.69) is 15.6 Å². The van der Waals surface area contributed by atoms with Crippen molar-refractivity contribution in [2.45, 2.75) is 31.5 Å². The zero-order valence-corrected chi connectivity index (χ0v) is 18.7. The molecule has 178 valence electrons. The predicted octanol–water partition coefficient (Wildman–Crippen LogP) is 2.54. The first-order valence-electron chi connectivity index (χ1n) is 10.4. The average Bonchev–Trinajstić information content (AvgIpc) is 2.81. The molecule has 0 saturated heterocycles. The summed E-state index contributed by atoms with van der Waals surface area (Å²) in [5.41, 5.74) is 7.18. The second-order valence-electron chi connectivity index (χ2n) is 7.67. The van der Waals surface area contributed by atoms with E-state index in [0.29, 0.717) is 27.5 Å². The van der Waals surface area contributed by atoms with E-state index in [1.54, 1.807) is 36.4 Å². The first-order valence-corrected chi connectivity index (χ1v) is 10.7. The molecule has 0 bridgehead atoms. The third-order valence-corrected chi connectivity index (χ3v) is 5.27. The highest BCUT2D eigenvalue weighted by molar-refractivity contribution is 6.30. The van der Waals surface area contributed by atoms with Gasteiger partial charge in [-0.25, -0.2) is 13.8 Å². The lowest BCUT2D eigenvalue weighted by Crippen LogP contribution is -2.51. The van der Waals surface area contributed by atoms with E-state index in [1.165, 1.54) is 12.3 Å². The number of carbonyl (C=O) groups is 2. The van der Waals surface area contributed by atoms with E-state index in [-0.39, 0.29) is 19.4 Å². The Labute approximate surface area is 200 Å². The Balaban J connectivity index is 1.70. The van der Waals surface area contributed by atoms with Gasteiger partial charge in [0.1, 0.15) is 18.0 Å². The number of rotatable bonds is 9. The number of aromatic nitrogens is 1. The zero-order chi connectivity index (χ0) is 24.7. The number of amides is 2. The molecule has 0 fully saturated rings. The summed E-state index contributed by atoms with van der Waals surface area (Å²) < 4.78 is 27.0. The van der Waals surface area contributed by atoms with Crippen LogP contribution in [0.4, 0.5) is 14.6 Å². The number of aliphatic hydroxyl groups is 1. The number of nitrogen functional groups attached to an aromatic ring is 1. The molecule has 0 aliphatic carbocycles. The van der Waals surface area contributed by atoms with Gasteiger partial charge in [0.05, 0.1) is 0 Å². The minimum Gasteiger partial charge on any atom is -0.384 e. The molecule has 0 spiro atoms. The number of pyridine rings is 1. The number of carbonyl (C=O) groups excluding carboxylic acids is 2. The average molecular weight is 489 g/mol. The van der Waals surface area contributed by atoms with Crippen molar-refractivity contribution in [2.24, 2.45) is 0 Å². The highest BCUT2D eigenvalue weighted by Crippen LogP contribution is 2.13. The largest absolute Gasteiger partial charge is 0.384 e. The van der Waals surface area contributed by atoms with Gasteiger partial charge >= 0.3 is 0 Å². The fourth-order valence-corrected chi connectivity index (χ4v) is 3.29. The molecule has 5 N–H and O–H groups in total. The molecule has 1 heterocycles. The van der Waals surface area contributed by atoms with Crippen molar-refractivity contribution in [3.05, 3.63) is 94.1 Å². The lowest BCUT2D eigenvalue weighted by Gasteiger charge is -2.21. The van der Waals surface area contributed by atoms with Gasteiger partial charge in [0.25, 0.3) is 0 Å². The molecular weight excluding hydrogens is 466 g/mol. The molecule has 2 atom stereocenters. The van der Waals surface area contributed by atoms with Gasteiger partial charge in [-0.3, -0.25) is 9.59 Å². The fourth-order valence-electron chi connectivity index (χ4n) is 3.17. The second-order valence-corrected chi connectivity index (χ2v) is 8.11. The van der Waals surface area contributed by atoms with Crippen molar-refractivity contribution >= 4 is 29.2 Å². The van der Waals surface area contributed by atoms with Crippen molar-refractivity contribution in [3.63, 3.8) is 0 Å². The highest BCUT2D eigenvalue weighted by atomic mass is 35.5. The molecule has 34 heavy (non-hydrogen) atoms. The maximum Gasteiger partial charge on any atom is 0.249 e. The summed E-state index contributed by atoms with van der Waals surface area (Å²) in [6.45, 7) is 0.101. The van der Waals surface area contributed by atoms with Gasteiger partial charge in [-0.05, 0) is 47.0 Å². The molecule has 3 rings (SSSR count). The van der Waals surface area contributed by atoms with Crippen LogP contribution >= 0.6 is 11.6 Å². The molecule has 0 aliphatic rings. The van der Waals surface area contributed by atoms with E-state index in [1.807, 2.05) is 0 Å². The molecule has 2 amide bonds. The van der Waals surface area contributed by atoms with Gasteiger partial charge in [-0.2, -0.15) is 0 Å². The van der Waals surface area contributed by atoms with E-state index in [9.17, 15) is 23.5 Å². The number of benzene rings is 2. The van der Waals surface area contributed by atoms with Gasteiger partial charge in [0.15, 0.2) is 11.6 Å². The summed E-state index contributed by atoms with van der Waals surface area (Å²) in [4.78, 5) is 29.4. The van der Waals surface area contributed by atoms with Crippen LogP contribution in [0, 0.1) is 11.6 Å². The molecule has 10 heteroatoms. The van der Waals surface area contributed by atoms with Crippen LogP contribution in [0.5, 0.6) is 0 Å². The maximum atomic E-state index is 13.7. The molecule has 7 nitrogen and oxygen atoms in total. The summed E-state index contributed by atoms with van der Waals surface area (Å²) in [6.07, 6.45) is -0.0704. The van der Waals surface area contributed by atoms with E-state index >= 15 is 0 Å². The van der Waals surface area contributed by atoms with Crippen molar-refractivity contribution < 1.29 is 23.5 Å². The van der Waals surface area contributed by atoms with Crippen molar-refractivity contribution in [2.75, 3.05) is 5.73 Å². The van der Waals surface area contributed by atoms with Crippen LogP contribution in [0.15, 0.2) is 60.8 Å². The first-order chi connectivity index (χ1) is 16.2. The van der Waals surface area contributed by atoms with Crippen LogP contribution in [0.3, 0.4) is 0 Å². The maximum absolute atomic E-state index is 13.7. The van der Waals surface area contributed by atoms with Crippen molar-refractivity contribution in [1.82, 2.24) is 15.6 Å². The molecule has 2 aromatic carbocycles. The lowest BCUT2D eigenvalue weighted by atomic mass is 10.0. The third-order valence-electron chi connectivity index (χ3n) is 5.02. The van der Waals surface area contributed by atoms with Crippen molar-refractivity contribution in [1.29, 1.82) is 0 Å². The normalized spacial score (nSPS) is 12.6. The number of aliphatic hydroxyl groups excluding tert-OH is 1. The van der Waals surface area contributed by atoms with Gasteiger partial charge in [0.2, 0.25) is 11.8 Å². The van der Waals surface area contributed by atoms with Crippen LogP contribution in [-0.4, -0.2) is 34.1 Å². The number of anilines is 1. The summed E-state index contributed by atoms with van der Waals surface area (Å²) in [7, 11) is 0. The molecule has 1 aromatic heterocycles. The van der Waals surface area contributed by atoms with Gasteiger partial charge in [-0.1, -0.05) is 35.9 Å². The molecule has 0 unspecified atom stereocenters. The summed E-state index contributed by atoms with van der Waals surface area (Å²) in [5.74, 6) is -3.13. The Hall–Kier alpha value is -3.56. The number of nitrogens with one attached hydrogen (secondary N) is 2. The van der Waals surface area contributed by atoms with Crippen LogP contribution in [0.2, 0.25) is 5.02 Å². The topological polar surface area (TPSA) is 117 Å². The van der Waals surface area contributed by atoms with E-state index in [0.717, 1.165) is 12.1 Å². The highest BCUT2D eigenvalue weighted by Gasteiger charge is 2.25. The minimum atomic E-state index is -1.44. The summed E-state index contributed by atoms with van der Waals surface area (Å²) >= 11 is 5.85. The standard InChI is InChI=1S/C24H23ClF2N4O3/c25-17-5-1-14(2-6-17)11-21(32)24(34)31-20(10-15-3-7-18(26)19(27)9-15)23(33)30-13-16-4-8-22(28)29-12-16/h1-9,12,20-21,32H,10-11,13H2,(H2,28,29)(H,30,33)(H,31,34)/t20-,21+/m0/s1. The number of hydrogen-bond donors (Lipinski definition) is 4. The molecular formula is C24H23ClF2N4O3. The zero-order valence-electron chi connectivity index (χ0n) is 18.0. The van der Waals surface area contributed by atoms with Crippen LogP contribution in [-0.2, 0) is 29.0 Å². The van der Waals surface area contributed by atoms with E-state index in [4.69, 9.17) is 17.3 Å². The number of hydrogen-bond acceptors (Lipinski definition) is 5. The molecule has 0 aliphatic heterocycles. The fraction of sp³-hybridized carbons (Fsp3) is 0.208.